The Balaban J connectivity index is 1.63. The van der Waals surface area contributed by atoms with Gasteiger partial charge in [0.15, 0.2) is 0 Å². The number of carbonyl (C=O) groups excluding carboxylic acids is 1. The van der Waals surface area contributed by atoms with Gasteiger partial charge in [-0.1, -0.05) is 41.7 Å². The maximum Gasteiger partial charge on any atom is 0.274 e. The van der Waals surface area contributed by atoms with Gasteiger partial charge in [0.2, 0.25) is 10.1 Å². The van der Waals surface area contributed by atoms with Crippen LogP contribution in [0.3, 0.4) is 0 Å². The monoisotopic (exact) mass is 355 g/mol. The van der Waals surface area contributed by atoms with Crippen LogP contribution in [-0.2, 0) is 6.54 Å². The molecule has 0 unspecified atom stereocenters. The number of benzene rings is 1. The van der Waals surface area contributed by atoms with Gasteiger partial charge in [-0.05, 0) is 18.4 Å². The summed E-state index contributed by atoms with van der Waals surface area (Å²) in [4.78, 5) is 31.0. The predicted molar refractivity (Wildman–Crippen MR) is 96.2 cm³/mol. The Labute approximate surface area is 147 Å². The third-order valence-electron chi connectivity index (χ3n) is 4.15. The van der Waals surface area contributed by atoms with E-state index in [9.17, 15) is 9.59 Å². The first-order valence-electron chi connectivity index (χ1n) is 8.19. The maximum atomic E-state index is 12.6. The van der Waals surface area contributed by atoms with E-state index in [1.54, 1.807) is 0 Å². The molecule has 1 saturated heterocycles. The summed E-state index contributed by atoms with van der Waals surface area (Å²) in [6.07, 6.45) is 2.26. The van der Waals surface area contributed by atoms with E-state index in [1.165, 1.54) is 21.9 Å². The summed E-state index contributed by atoms with van der Waals surface area (Å²) in [6, 6.07) is 10.9. The molecule has 1 fully saturated rings. The van der Waals surface area contributed by atoms with E-state index in [2.05, 4.69) is 20.3 Å². The van der Waals surface area contributed by atoms with Gasteiger partial charge in [-0.25, -0.2) is 0 Å². The molecule has 3 aromatic rings. The largest absolute Gasteiger partial charge is 0.347 e. The van der Waals surface area contributed by atoms with Crippen molar-refractivity contribution < 1.29 is 4.79 Å². The normalized spacial score (nSPS) is 14.2. The average molecular weight is 355 g/mol. The van der Waals surface area contributed by atoms with Crippen molar-refractivity contribution in [3.63, 3.8) is 0 Å². The zero-order valence-corrected chi connectivity index (χ0v) is 14.3. The van der Waals surface area contributed by atoms with Gasteiger partial charge in [0.25, 0.3) is 11.5 Å². The molecule has 0 bridgehead atoms. The number of anilines is 1. The predicted octanol–water partition coefficient (Wildman–Crippen LogP) is 1.68. The lowest BCUT2D eigenvalue weighted by Crippen LogP contribution is -2.27. The fraction of sp³-hybridized carbons (Fsp3) is 0.294. The summed E-state index contributed by atoms with van der Waals surface area (Å²) in [6.45, 7) is 2.28. The summed E-state index contributed by atoms with van der Waals surface area (Å²) in [7, 11) is 0. The summed E-state index contributed by atoms with van der Waals surface area (Å²) in [5, 5.41) is 8.15. The third kappa shape index (κ3) is 3.25. The third-order valence-corrected chi connectivity index (χ3v) is 5.12. The molecule has 1 aliphatic heterocycles. The van der Waals surface area contributed by atoms with E-state index in [0.717, 1.165) is 36.6 Å². The molecule has 7 nitrogen and oxygen atoms in total. The Morgan fingerprint density at radius 2 is 1.96 bits per heavy atom. The fourth-order valence-electron chi connectivity index (χ4n) is 2.87. The number of amides is 1. The van der Waals surface area contributed by atoms with Crippen molar-refractivity contribution in [1.29, 1.82) is 0 Å². The van der Waals surface area contributed by atoms with Crippen LogP contribution >= 0.6 is 11.3 Å². The number of nitrogens with one attached hydrogen (secondary N) is 1. The van der Waals surface area contributed by atoms with Crippen LogP contribution < -0.4 is 15.8 Å². The first-order valence-corrected chi connectivity index (χ1v) is 9.00. The summed E-state index contributed by atoms with van der Waals surface area (Å²) < 4.78 is 1.47. The van der Waals surface area contributed by atoms with Gasteiger partial charge in [-0.15, -0.1) is 5.10 Å². The minimum Gasteiger partial charge on any atom is -0.347 e. The molecule has 4 rings (SSSR count). The van der Waals surface area contributed by atoms with Crippen molar-refractivity contribution in [1.82, 2.24) is 19.9 Å². The number of aromatic nitrogens is 3. The van der Waals surface area contributed by atoms with Crippen molar-refractivity contribution in [2.45, 2.75) is 19.4 Å². The van der Waals surface area contributed by atoms with Gasteiger partial charge in [-0.3, -0.25) is 9.59 Å². The number of rotatable bonds is 4. The Hall–Kier alpha value is -2.74. The minimum atomic E-state index is -0.429. The van der Waals surface area contributed by atoms with Gasteiger partial charge in [0.05, 0.1) is 0 Å². The lowest BCUT2D eigenvalue weighted by atomic mass is 10.2. The second-order valence-corrected chi connectivity index (χ2v) is 6.86. The molecular weight excluding hydrogens is 338 g/mol. The molecule has 0 saturated carbocycles. The Kier molecular flexibility index (Phi) is 4.19. The highest BCUT2D eigenvalue weighted by Gasteiger charge is 2.20. The van der Waals surface area contributed by atoms with Crippen molar-refractivity contribution in [2.75, 3.05) is 18.0 Å². The topological polar surface area (TPSA) is 79.6 Å². The van der Waals surface area contributed by atoms with Crippen molar-refractivity contribution in [3.05, 3.63) is 58.0 Å². The molecule has 0 spiro atoms. The number of hydrogen-bond acceptors (Lipinski definition) is 6. The fourth-order valence-corrected chi connectivity index (χ4v) is 3.83. The summed E-state index contributed by atoms with van der Waals surface area (Å²) in [5.41, 5.74) is 0.777. The lowest BCUT2D eigenvalue weighted by Gasteiger charge is -2.11. The summed E-state index contributed by atoms with van der Waals surface area (Å²) >= 11 is 1.34. The van der Waals surface area contributed by atoms with Crippen molar-refractivity contribution in [3.8, 4) is 0 Å². The molecule has 0 radical (unpaired) electrons. The first kappa shape index (κ1) is 15.8. The molecule has 1 aliphatic rings. The molecule has 0 aliphatic carbocycles. The smallest absolute Gasteiger partial charge is 0.274 e. The van der Waals surface area contributed by atoms with Crippen LogP contribution in [-0.4, -0.2) is 33.6 Å². The number of carbonyl (C=O) groups is 1. The zero-order chi connectivity index (χ0) is 17.2. The van der Waals surface area contributed by atoms with Crippen LogP contribution in [0.2, 0.25) is 0 Å². The molecule has 1 N–H and O–H groups in total. The number of hydrogen-bond donors (Lipinski definition) is 1. The molecule has 1 amide bonds. The van der Waals surface area contributed by atoms with E-state index in [1.807, 2.05) is 30.3 Å². The second-order valence-electron chi connectivity index (χ2n) is 5.92. The van der Waals surface area contributed by atoms with Crippen LogP contribution in [0.4, 0.5) is 5.13 Å². The van der Waals surface area contributed by atoms with Gasteiger partial charge in [-0.2, -0.15) is 9.50 Å². The van der Waals surface area contributed by atoms with Crippen LogP contribution in [0.5, 0.6) is 0 Å². The molecular formula is C17H17N5O2S. The minimum absolute atomic E-state index is 0.215. The highest BCUT2D eigenvalue weighted by atomic mass is 32.1. The second kappa shape index (κ2) is 6.64. The van der Waals surface area contributed by atoms with E-state index >= 15 is 0 Å². The van der Waals surface area contributed by atoms with E-state index in [0.29, 0.717) is 11.5 Å². The lowest BCUT2D eigenvalue weighted by molar-refractivity contribution is 0.0943. The van der Waals surface area contributed by atoms with E-state index in [-0.39, 0.29) is 11.6 Å². The number of fused-ring (bicyclic) bond motifs is 1. The van der Waals surface area contributed by atoms with Crippen LogP contribution in [0.25, 0.3) is 4.96 Å². The van der Waals surface area contributed by atoms with Gasteiger partial charge in [0.1, 0.15) is 5.69 Å². The van der Waals surface area contributed by atoms with Gasteiger partial charge in [0, 0.05) is 25.7 Å². The summed E-state index contributed by atoms with van der Waals surface area (Å²) in [5.74, 6) is -0.336. The molecule has 25 heavy (non-hydrogen) atoms. The van der Waals surface area contributed by atoms with Crippen molar-refractivity contribution >= 4 is 27.3 Å². The molecule has 2 aromatic heterocycles. The quantitative estimate of drug-likeness (QED) is 0.770. The molecule has 128 valence electrons. The molecule has 8 heteroatoms. The first-order chi connectivity index (χ1) is 12.2. The SMILES string of the molecule is O=C(NCc1ccccc1)c1cc(=O)nc2sc(N3CCCC3)nn12. The van der Waals surface area contributed by atoms with E-state index < -0.39 is 5.56 Å². The van der Waals surface area contributed by atoms with Gasteiger partial charge < -0.3 is 10.2 Å². The van der Waals surface area contributed by atoms with Crippen LogP contribution in [0.1, 0.15) is 28.9 Å². The molecule has 3 heterocycles. The Morgan fingerprint density at radius 1 is 1.20 bits per heavy atom. The average Bonchev–Trinajstić information content (AvgIpc) is 3.29. The maximum absolute atomic E-state index is 12.6. The molecule has 1 aromatic carbocycles. The van der Waals surface area contributed by atoms with Gasteiger partial charge >= 0.3 is 0 Å². The highest BCUT2D eigenvalue weighted by molar-refractivity contribution is 7.20. The standard InChI is InChI=1S/C17H17N5O2S/c23-14-10-13(15(24)18-11-12-6-2-1-3-7-12)22-16(19-14)25-17(20-22)21-8-4-5-9-21/h1-3,6-7,10H,4-5,8-9,11H2,(H,18,24). The Morgan fingerprint density at radius 3 is 2.72 bits per heavy atom. The van der Waals surface area contributed by atoms with E-state index in [4.69, 9.17) is 0 Å². The van der Waals surface area contributed by atoms with Crippen LogP contribution in [0.15, 0.2) is 41.2 Å². The van der Waals surface area contributed by atoms with Crippen molar-refractivity contribution in [2.24, 2.45) is 0 Å². The Bertz CT molecular complexity index is 960. The number of nitrogens with zero attached hydrogens (tertiary/aromatic N) is 4. The zero-order valence-electron chi connectivity index (χ0n) is 13.5. The highest BCUT2D eigenvalue weighted by Crippen LogP contribution is 2.25. The van der Waals surface area contributed by atoms with Crippen LogP contribution in [0, 0.1) is 0 Å². The molecule has 0 atom stereocenters.